The van der Waals surface area contributed by atoms with E-state index in [9.17, 15) is 0 Å². The minimum absolute atomic E-state index is 0.271. The molecule has 4 nitrogen and oxygen atoms in total. The number of anilines is 3. The Labute approximate surface area is 137 Å². The summed E-state index contributed by atoms with van der Waals surface area (Å²) in [4.78, 5) is 8.99. The van der Waals surface area contributed by atoms with Crippen molar-refractivity contribution in [2.75, 3.05) is 17.7 Å². The minimum Gasteiger partial charge on any atom is -0.373 e. The number of aromatic nitrogens is 2. The number of nitrogens with zero attached hydrogens (tertiary/aromatic N) is 2. The van der Waals surface area contributed by atoms with Gasteiger partial charge in [-0.15, -0.1) is 0 Å². The van der Waals surface area contributed by atoms with Crippen molar-refractivity contribution in [3.63, 3.8) is 0 Å². The standard InChI is InChI=1S/C14H16ClIN4/c1-8(2)14-19-12(17-3)7-13(20-14)18-11-5-4-9(15)6-10(11)16/h4-8H,1-3H3,(H2,17,18,19,20). The molecule has 0 fully saturated rings. The second-order valence-corrected chi connectivity index (χ2v) is 6.25. The summed E-state index contributed by atoms with van der Waals surface area (Å²) in [7, 11) is 1.85. The number of hydrogen-bond donors (Lipinski definition) is 2. The highest BCUT2D eigenvalue weighted by Crippen LogP contribution is 2.26. The molecule has 106 valence electrons. The van der Waals surface area contributed by atoms with Gasteiger partial charge >= 0.3 is 0 Å². The van der Waals surface area contributed by atoms with E-state index in [0.717, 1.165) is 31.7 Å². The van der Waals surface area contributed by atoms with Crippen LogP contribution >= 0.6 is 34.2 Å². The molecule has 6 heteroatoms. The first-order valence-electron chi connectivity index (χ1n) is 6.28. The molecule has 0 aliphatic heterocycles. The first kappa shape index (κ1) is 15.3. The Morgan fingerprint density at radius 3 is 2.45 bits per heavy atom. The Balaban J connectivity index is 2.34. The average molecular weight is 403 g/mol. The van der Waals surface area contributed by atoms with E-state index >= 15 is 0 Å². The molecule has 0 radical (unpaired) electrons. The van der Waals surface area contributed by atoms with E-state index in [2.05, 4.69) is 57.0 Å². The van der Waals surface area contributed by atoms with Crippen LogP contribution < -0.4 is 10.6 Å². The zero-order valence-corrected chi connectivity index (χ0v) is 14.5. The topological polar surface area (TPSA) is 49.8 Å². The predicted octanol–water partition coefficient (Wildman–Crippen LogP) is 4.64. The van der Waals surface area contributed by atoms with E-state index in [1.54, 1.807) is 0 Å². The van der Waals surface area contributed by atoms with Crippen LogP contribution in [-0.4, -0.2) is 17.0 Å². The summed E-state index contributed by atoms with van der Waals surface area (Å²) in [5, 5.41) is 7.09. The maximum atomic E-state index is 5.97. The van der Waals surface area contributed by atoms with Gasteiger partial charge in [0.1, 0.15) is 17.5 Å². The Bertz CT molecular complexity index is 616. The van der Waals surface area contributed by atoms with E-state index in [1.807, 2.05) is 31.3 Å². The lowest BCUT2D eigenvalue weighted by Gasteiger charge is -2.12. The van der Waals surface area contributed by atoms with Crippen LogP contribution in [0.15, 0.2) is 24.3 Å². The molecule has 1 heterocycles. The first-order valence-corrected chi connectivity index (χ1v) is 7.74. The third kappa shape index (κ3) is 3.73. The second kappa shape index (κ2) is 6.58. The number of rotatable bonds is 4. The minimum atomic E-state index is 0.271. The normalized spacial score (nSPS) is 10.7. The van der Waals surface area contributed by atoms with Gasteiger partial charge in [-0.3, -0.25) is 0 Å². The van der Waals surface area contributed by atoms with E-state index in [1.165, 1.54) is 0 Å². The second-order valence-electron chi connectivity index (χ2n) is 4.65. The summed E-state index contributed by atoms with van der Waals surface area (Å²) in [5.74, 6) is 2.65. The lowest BCUT2D eigenvalue weighted by molar-refractivity contribution is 0.778. The molecule has 0 amide bonds. The molecule has 0 spiro atoms. The molecule has 20 heavy (non-hydrogen) atoms. The molecule has 0 aliphatic rings. The summed E-state index contributed by atoms with van der Waals surface area (Å²) in [6.07, 6.45) is 0. The summed E-state index contributed by atoms with van der Waals surface area (Å²) in [6, 6.07) is 7.60. The largest absolute Gasteiger partial charge is 0.373 e. The van der Waals surface area contributed by atoms with Gasteiger partial charge in [0.25, 0.3) is 0 Å². The summed E-state index contributed by atoms with van der Waals surface area (Å²) < 4.78 is 1.05. The lowest BCUT2D eigenvalue weighted by atomic mass is 10.2. The van der Waals surface area contributed by atoms with Gasteiger partial charge in [-0.05, 0) is 40.8 Å². The zero-order valence-electron chi connectivity index (χ0n) is 11.5. The number of nitrogens with one attached hydrogen (secondary N) is 2. The van der Waals surface area contributed by atoms with Crippen molar-refractivity contribution in [2.45, 2.75) is 19.8 Å². The monoisotopic (exact) mass is 402 g/mol. The molecule has 2 rings (SSSR count). The highest BCUT2D eigenvalue weighted by atomic mass is 127. The number of benzene rings is 1. The van der Waals surface area contributed by atoms with Gasteiger partial charge in [0, 0.05) is 27.6 Å². The highest BCUT2D eigenvalue weighted by Gasteiger charge is 2.09. The fraction of sp³-hybridized carbons (Fsp3) is 0.286. The van der Waals surface area contributed by atoms with Gasteiger partial charge in [0.15, 0.2) is 0 Å². The Hall–Kier alpha value is -1.08. The van der Waals surface area contributed by atoms with Crippen LogP contribution in [0.2, 0.25) is 5.02 Å². The van der Waals surface area contributed by atoms with Gasteiger partial charge in [-0.25, -0.2) is 9.97 Å². The first-order chi connectivity index (χ1) is 9.49. The van der Waals surface area contributed by atoms with Crippen molar-refractivity contribution >= 4 is 51.5 Å². The Morgan fingerprint density at radius 1 is 1.15 bits per heavy atom. The van der Waals surface area contributed by atoms with Crippen LogP contribution in [0.4, 0.5) is 17.3 Å². The van der Waals surface area contributed by atoms with Gasteiger partial charge < -0.3 is 10.6 Å². The molecule has 0 atom stereocenters. The molecule has 1 aromatic heterocycles. The molecule has 1 aromatic carbocycles. The summed E-state index contributed by atoms with van der Waals surface area (Å²) in [5.41, 5.74) is 0.977. The molecule has 2 N–H and O–H groups in total. The molecule has 0 unspecified atom stereocenters. The van der Waals surface area contributed by atoms with Crippen molar-refractivity contribution in [3.05, 3.63) is 38.7 Å². The van der Waals surface area contributed by atoms with Crippen molar-refractivity contribution < 1.29 is 0 Å². The quantitative estimate of drug-likeness (QED) is 0.731. The smallest absolute Gasteiger partial charge is 0.136 e. The molecule has 0 aliphatic carbocycles. The predicted molar refractivity (Wildman–Crippen MR) is 93.1 cm³/mol. The van der Waals surface area contributed by atoms with Crippen LogP contribution in [-0.2, 0) is 0 Å². The summed E-state index contributed by atoms with van der Waals surface area (Å²) >= 11 is 8.21. The molecule has 0 bridgehead atoms. The summed E-state index contributed by atoms with van der Waals surface area (Å²) in [6.45, 7) is 4.15. The van der Waals surface area contributed by atoms with E-state index in [4.69, 9.17) is 11.6 Å². The van der Waals surface area contributed by atoms with E-state index in [-0.39, 0.29) is 5.92 Å². The van der Waals surface area contributed by atoms with E-state index < -0.39 is 0 Å². The SMILES string of the molecule is CNc1cc(Nc2ccc(Cl)cc2I)nc(C(C)C)n1. The Morgan fingerprint density at radius 2 is 1.85 bits per heavy atom. The van der Waals surface area contributed by atoms with Crippen molar-refractivity contribution in [2.24, 2.45) is 0 Å². The van der Waals surface area contributed by atoms with Crippen molar-refractivity contribution in [1.82, 2.24) is 9.97 Å². The molecular formula is C14H16ClIN4. The van der Waals surface area contributed by atoms with Crippen LogP contribution in [0.25, 0.3) is 0 Å². The zero-order chi connectivity index (χ0) is 14.7. The van der Waals surface area contributed by atoms with Gasteiger partial charge in [0.05, 0.1) is 5.69 Å². The molecule has 0 saturated carbocycles. The van der Waals surface area contributed by atoms with Gasteiger partial charge in [0.2, 0.25) is 0 Å². The van der Waals surface area contributed by atoms with E-state index in [0.29, 0.717) is 0 Å². The highest BCUT2D eigenvalue weighted by molar-refractivity contribution is 14.1. The van der Waals surface area contributed by atoms with Crippen LogP contribution in [0.1, 0.15) is 25.6 Å². The van der Waals surface area contributed by atoms with Crippen LogP contribution in [0, 0.1) is 3.57 Å². The molecular weight excluding hydrogens is 387 g/mol. The van der Waals surface area contributed by atoms with Crippen molar-refractivity contribution in [3.8, 4) is 0 Å². The maximum Gasteiger partial charge on any atom is 0.136 e. The molecule has 2 aromatic rings. The third-order valence-electron chi connectivity index (χ3n) is 2.71. The van der Waals surface area contributed by atoms with Gasteiger partial charge in [-0.1, -0.05) is 25.4 Å². The van der Waals surface area contributed by atoms with Crippen LogP contribution in [0.3, 0.4) is 0 Å². The number of halogens is 2. The van der Waals surface area contributed by atoms with Gasteiger partial charge in [-0.2, -0.15) is 0 Å². The third-order valence-corrected chi connectivity index (χ3v) is 3.84. The fourth-order valence-corrected chi connectivity index (χ4v) is 2.65. The van der Waals surface area contributed by atoms with Crippen LogP contribution in [0.5, 0.6) is 0 Å². The maximum absolute atomic E-state index is 5.97. The fourth-order valence-electron chi connectivity index (χ4n) is 1.65. The molecule has 0 saturated heterocycles. The Kier molecular flexibility index (Phi) is 5.04. The average Bonchev–Trinajstić information content (AvgIpc) is 2.41. The number of hydrogen-bond acceptors (Lipinski definition) is 4. The lowest BCUT2D eigenvalue weighted by Crippen LogP contribution is -2.05. The van der Waals surface area contributed by atoms with Crippen molar-refractivity contribution in [1.29, 1.82) is 0 Å².